The number of pyridine rings is 1. The highest BCUT2D eigenvalue weighted by atomic mass is 16.5. The van der Waals surface area contributed by atoms with Crippen LogP contribution in [-0.2, 0) is 5.41 Å². The van der Waals surface area contributed by atoms with Crippen LogP contribution in [0.4, 0.5) is 17.2 Å². The molecule has 194 valence electrons. The van der Waals surface area contributed by atoms with Gasteiger partial charge in [0.05, 0.1) is 19.1 Å². The van der Waals surface area contributed by atoms with Gasteiger partial charge in [-0.3, -0.25) is 4.79 Å². The number of nitrogens with one attached hydrogen (secondary N) is 3. The quantitative estimate of drug-likeness (QED) is 0.238. The molecule has 0 aliphatic carbocycles. The largest absolute Gasteiger partial charge is 0.495 e. The minimum Gasteiger partial charge on any atom is -0.495 e. The van der Waals surface area contributed by atoms with E-state index in [0.717, 1.165) is 45.7 Å². The molecule has 5 rings (SSSR count). The molecule has 3 aromatic heterocycles. The van der Waals surface area contributed by atoms with Crippen molar-refractivity contribution < 1.29 is 9.53 Å². The molecule has 9 nitrogen and oxygen atoms in total. The van der Waals surface area contributed by atoms with Gasteiger partial charge in [-0.2, -0.15) is 0 Å². The summed E-state index contributed by atoms with van der Waals surface area (Å²) in [6.45, 7) is 6.41. The maximum Gasteiger partial charge on any atom is 0.181 e. The third-order valence-electron chi connectivity index (χ3n) is 5.92. The molecule has 0 atom stereocenters. The van der Waals surface area contributed by atoms with Gasteiger partial charge in [0.15, 0.2) is 5.65 Å². The second-order valence-corrected chi connectivity index (χ2v) is 9.51. The summed E-state index contributed by atoms with van der Waals surface area (Å²) in [5.41, 5.74) is 6.78. The molecule has 0 amide bonds. The number of imidazole rings is 1. The lowest BCUT2D eigenvalue weighted by Gasteiger charge is -2.18. The Morgan fingerprint density at radius 2 is 1.82 bits per heavy atom. The second kappa shape index (κ2) is 11.5. The number of hydrogen-bond donors (Lipinski definition) is 3. The number of nitrogens with zero attached hydrogens (tertiary/aromatic N) is 4. The minimum atomic E-state index is 0.124. The van der Waals surface area contributed by atoms with E-state index in [9.17, 15) is 4.79 Å². The average molecular weight is 510 g/mol. The van der Waals surface area contributed by atoms with E-state index in [1.807, 2.05) is 61.6 Å². The number of ether oxygens (including phenoxy) is 1. The van der Waals surface area contributed by atoms with Gasteiger partial charge in [0.2, 0.25) is 0 Å². The molecular formula is C29H31N7O2. The fourth-order valence-corrected chi connectivity index (χ4v) is 3.83. The third kappa shape index (κ3) is 5.95. The van der Waals surface area contributed by atoms with Crippen molar-refractivity contribution in [1.82, 2.24) is 24.9 Å². The fourth-order valence-electron chi connectivity index (χ4n) is 3.83. The van der Waals surface area contributed by atoms with Crippen LogP contribution in [0.1, 0.15) is 36.7 Å². The van der Waals surface area contributed by atoms with E-state index in [2.05, 4.69) is 56.3 Å². The Morgan fingerprint density at radius 3 is 2.55 bits per heavy atom. The SMILES string of the molecule is CC(C)(C)c1cccc(C=O)c1.CNc1ccc(OC)c(Nc2ncccc2-c2ncnc3nc[nH]c23)c1. The van der Waals surface area contributed by atoms with Crippen molar-refractivity contribution in [2.45, 2.75) is 26.2 Å². The lowest BCUT2D eigenvalue weighted by Crippen LogP contribution is -2.10. The summed E-state index contributed by atoms with van der Waals surface area (Å²) >= 11 is 0. The standard InChI is InChI=1S/C18H17N7O.C11H14O/c1-19-11-5-6-14(26-2)13(8-11)25-17-12(4-3-7-20-17)15-16-18(23-9-21-15)24-10-22-16;1-11(2,3)10-6-4-5-9(7-10)8-12/h3-10,19H,1-2H3,(H,20,25)(H,21,22,23,24);4-8H,1-3H3. The van der Waals surface area contributed by atoms with E-state index >= 15 is 0 Å². The van der Waals surface area contributed by atoms with Crippen LogP contribution in [0.25, 0.3) is 22.4 Å². The molecule has 5 aromatic rings. The first kappa shape index (κ1) is 26.3. The van der Waals surface area contributed by atoms with Crippen molar-refractivity contribution in [2.24, 2.45) is 0 Å². The molecule has 2 aromatic carbocycles. The van der Waals surface area contributed by atoms with Crippen molar-refractivity contribution in [1.29, 1.82) is 0 Å². The number of hydrogen-bond acceptors (Lipinski definition) is 8. The summed E-state index contributed by atoms with van der Waals surface area (Å²) in [7, 11) is 3.51. The predicted octanol–water partition coefficient (Wildman–Crippen LogP) is 6.01. The molecule has 3 heterocycles. The Kier molecular flexibility index (Phi) is 7.96. The van der Waals surface area contributed by atoms with Gasteiger partial charge in [-0.05, 0) is 47.4 Å². The molecule has 0 radical (unpaired) electrons. The number of fused-ring (bicyclic) bond motifs is 1. The Hall–Kier alpha value is -4.79. The smallest absolute Gasteiger partial charge is 0.181 e. The first-order chi connectivity index (χ1) is 18.3. The molecule has 38 heavy (non-hydrogen) atoms. The molecule has 0 saturated heterocycles. The number of anilines is 3. The summed E-state index contributed by atoms with van der Waals surface area (Å²) < 4.78 is 5.46. The summed E-state index contributed by atoms with van der Waals surface area (Å²) in [6.07, 6.45) is 5.71. The number of H-pyrrole nitrogens is 1. The highest BCUT2D eigenvalue weighted by Crippen LogP contribution is 2.34. The van der Waals surface area contributed by atoms with E-state index in [1.165, 1.54) is 11.9 Å². The van der Waals surface area contributed by atoms with E-state index < -0.39 is 0 Å². The van der Waals surface area contributed by atoms with Crippen molar-refractivity contribution >= 4 is 34.6 Å². The van der Waals surface area contributed by atoms with Gasteiger partial charge in [-0.1, -0.05) is 39.0 Å². The Bertz CT molecular complexity index is 1540. The number of methoxy groups -OCH3 is 1. The minimum absolute atomic E-state index is 0.124. The zero-order chi connectivity index (χ0) is 27.1. The topological polar surface area (TPSA) is 118 Å². The van der Waals surface area contributed by atoms with E-state index in [4.69, 9.17) is 4.74 Å². The summed E-state index contributed by atoms with van der Waals surface area (Å²) in [4.78, 5) is 30.9. The van der Waals surface area contributed by atoms with Crippen LogP contribution in [-0.4, -0.2) is 45.4 Å². The van der Waals surface area contributed by atoms with Gasteiger partial charge in [0.1, 0.15) is 35.4 Å². The first-order valence-corrected chi connectivity index (χ1v) is 12.1. The van der Waals surface area contributed by atoms with Gasteiger partial charge in [-0.25, -0.2) is 19.9 Å². The van der Waals surface area contributed by atoms with Gasteiger partial charge in [-0.15, -0.1) is 0 Å². The summed E-state index contributed by atoms with van der Waals surface area (Å²) in [5, 5.41) is 6.47. The van der Waals surface area contributed by atoms with Crippen molar-refractivity contribution in [3.63, 3.8) is 0 Å². The van der Waals surface area contributed by atoms with Crippen molar-refractivity contribution in [3.8, 4) is 17.0 Å². The lowest BCUT2D eigenvalue weighted by molar-refractivity contribution is 0.112. The van der Waals surface area contributed by atoms with E-state index in [-0.39, 0.29) is 5.41 Å². The highest BCUT2D eigenvalue weighted by Gasteiger charge is 2.15. The normalized spacial score (nSPS) is 10.9. The fraction of sp³-hybridized carbons (Fsp3) is 0.207. The van der Waals surface area contributed by atoms with E-state index in [0.29, 0.717) is 11.5 Å². The number of benzene rings is 2. The Labute approximate surface area is 221 Å². The van der Waals surface area contributed by atoms with Crippen molar-refractivity contribution in [3.05, 3.63) is 84.6 Å². The molecule has 0 aliphatic rings. The lowest BCUT2D eigenvalue weighted by atomic mass is 9.86. The maximum absolute atomic E-state index is 10.5. The van der Waals surface area contributed by atoms with Gasteiger partial charge in [0.25, 0.3) is 0 Å². The van der Waals surface area contributed by atoms with E-state index in [1.54, 1.807) is 19.6 Å². The average Bonchev–Trinajstić information content (AvgIpc) is 3.43. The molecule has 0 unspecified atom stereocenters. The number of carbonyl (C=O) groups excluding carboxylic acids is 1. The number of carbonyl (C=O) groups is 1. The number of aldehydes is 1. The molecule has 0 spiro atoms. The Balaban J connectivity index is 0.000000236. The molecule has 0 saturated carbocycles. The van der Waals surface area contributed by atoms with Crippen LogP contribution in [0.5, 0.6) is 5.75 Å². The molecule has 9 heteroatoms. The molecule has 3 N–H and O–H groups in total. The molecular weight excluding hydrogens is 478 g/mol. The zero-order valence-electron chi connectivity index (χ0n) is 22.1. The summed E-state index contributed by atoms with van der Waals surface area (Å²) in [6, 6.07) is 17.4. The van der Waals surface area contributed by atoms with Crippen LogP contribution in [0.3, 0.4) is 0 Å². The Morgan fingerprint density at radius 1 is 0.974 bits per heavy atom. The van der Waals surface area contributed by atoms with Crippen LogP contribution in [0.2, 0.25) is 0 Å². The monoisotopic (exact) mass is 509 g/mol. The van der Waals surface area contributed by atoms with Crippen LogP contribution >= 0.6 is 0 Å². The van der Waals surface area contributed by atoms with Gasteiger partial charge >= 0.3 is 0 Å². The number of aromatic amines is 1. The number of aromatic nitrogens is 5. The maximum atomic E-state index is 10.5. The predicted molar refractivity (Wildman–Crippen MR) is 151 cm³/mol. The first-order valence-electron chi connectivity index (χ1n) is 12.1. The van der Waals surface area contributed by atoms with Crippen LogP contribution < -0.4 is 15.4 Å². The molecule has 0 aliphatic heterocycles. The van der Waals surface area contributed by atoms with Crippen LogP contribution in [0, 0.1) is 0 Å². The third-order valence-corrected chi connectivity index (χ3v) is 5.92. The summed E-state index contributed by atoms with van der Waals surface area (Å²) in [5.74, 6) is 1.38. The second-order valence-electron chi connectivity index (χ2n) is 9.51. The molecule has 0 fully saturated rings. The van der Waals surface area contributed by atoms with Gasteiger partial charge in [0, 0.05) is 30.1 Å². The highest BCUT2D eigenvalue weighted by molar-refractivity contribution is 5.91. The van der Waals surface area contributed by atoms with Gasteiger partial charge < -0.3 is 20.4 Å². The number of rotatable bonds is 6. The zero-order valence-corrected chi connectivity index (χ0v) is 22.1. The van der Waals surface area contributed by atoms with Crippen molar-refractivity contribution in [2.75, 3.05) is 24.8 Å². The van der Waals surface area contributed by atoms with Crippen LogP contribution in [0.15, 0.2) is 73.4 Å². The molecule has 0 bridgehead atoms.